The molecule has 156 valence electrons. The molecule has 0 amide bonds. The molecule has 2 aromatic carbocycles. The molecular formula is C23H20ClN5OS. The topological polar surface area (TPSA) is 61.7 Å². The lowest BCUT2D eigenvalue weighted by atomic mass is 10.1. The van der Waals surface area contributed by atoms with E-state index in [1.165, 1.54) is 0 Å². The molecule has 5 aromatic rings. The van der Waals surface area contributed by atoms with Crippen molar-refractivity contribution in [3.05, 3.63) is 83.0 Å². The number of aryl methyl sites for hydroxylation is 2. The summed E-state index contributed by atoms with van der Waals surface area (Å²) in [6.07, 6.45) is 1.69. The summed E-state index contributed by atoms with van der Waals surface area (Å²) in [6, 6.07) is 17.8. The number of imidazole rings is 1. The highest BCUT2D eigenvalue weighted by Crippen LogP contribution is 2.30. The number of nitrogens with zero attached hydrogens (tertiary/aromatic N) is 5. The second-order valence-corrected chi connectivity index (χ2v) is 8.67. The maximum Gasteiger partial charge on any atom is 0.192 e. The Morgan fingerprint density at radius 2 is 1.94 bits per heavy atom. The molecule has 0 saturated heterocycles. The van der Waals surface area contributed by atoms with Crippen LogP contribution in [0.15, 0.2) is 70.4 Å². The minimum absolute atomic E-state index is 0.560. The van der Waals surface area contributed by atoms with Crippen molar-refractivity contribution in [3.8, 4) is 11.4 Å². The maximum absolute atomic E-state index is 6.13. The van der Waals surface area contributed by atoms with E-state index in [2.05, 4.69) is 38.4 Å². The summed E-state index contributed by atoms with van der Waals surface area (Å²) in [5.74, 6) is 3.29. The van der Waals surface area contributed by atoms with Crippen LogP contribution < -0.4 is 0 Å². The van der Waals surface area contributed by atoms with Crippen LogP contribution in [0.25, 0.3) is 22.4 Å². The number of thioether (sulfide) groups is 1. The Morgan fingerprint density at radius 1 is 1.06 bits per heavy atom. The van der Waals surface area contributed by atoms with Gasteiger partial charge in [-0.15, -0.1) is 10.2 Å². The van der Waals surface area contributed by atoms with E-state index in [4.69, 9.17) is 21.0 Å². The summed E-state index contributed by atoms with van der Waals surface area (Å²) in [4.78, 5) is 4.75. The smallest absolute Gasteiger partial charge is 0.192 e. The van der Waals surface area contributed by atoms with Gasteiger partial charge in [0.25, 0.3) is 0 Å². The van der Waals surface area contributed by atoms with E-state index < -0.39 is 0 Å². The average Bonchev–Trinajstić information content (AvgIpc) is 3.48. The van der Waals surface area contributed by atoms with Crippen molar-refractivity contribution < 1.29 is 4.42 Å². The third-order valence-corrected chi connectivity index (χ3v) is 6.46. The number of benzene rings is 2. The highest BCUT2D eigenvalue weighted by molar-refractivity contribution is 7.98. The Morgan fingerprint density at radius 3 is 2.74 bits per heavy atom. The van der Waals surface area contributed by atoms with E-state index in [9.17, 15) is 0 Å². The lowest BCUT2D eigenvalue weighted by Crippen LogP contribution is -2.05. The van der Waals surface area contributed by atoms with E-state index >= 15 is 0 Å². The SMILES string of the molecule is Cc1ccccc1-c1nnc(SCc2nc3cc(Cl)ccc3n2C)n1Cc1ccco1. The molecule has 0 spiro atoms. The Kier molecular flexibility index (Phi) is 5.29. The molecule has 0 bridgehead atoms. The van der Waals surface area contributed by atoms with Crippen molar-refractivity contribution in [2.75, 3.05) is 0 Å². The minimum Gasteiger partial charge on any atom is -0.467 e. The molecule has 0 fully saturated rings. The van der Waals surface area contributed by atoms with Crippen LogP contribution in [0.4, 0.5) is 0 Å². The van der Waals surface area contributed by atoms with Crippen molar-refractivity contribution in [1.82, 2.24) is 24.3 Å². The fraction of sp³-hybridized carbons (Fsp3) is 0.174. The molecule has 5 rings (SSSR count). The van der Waals surface area contributed by atoms with E-state index in [-0.39, 0.29) is 0 Å². The van der Waals surface area contributed by atoms with Crippen molar-refractivity contribution in [2.24, 2.45) is 7.05 Å². The van der Waals surface area contributed by atoms with Gasteiger partial charge < -0.3 is 8.98 Å². The molecule has 0 aliphatic carbocycles. The molecule has 31 heavy (non-hydrogen) atoms. The highest BCUT2D eigenvalue weighted by atomic mass is 35.5. The Bertz CT molecular complexity index is 1360. The number of halogens is 1. The minimum atomic E-state index is 0.560. The van der Waals surface area contributed by atoms with E-state index in [0.29, 0.717) is 17.3 Å². The zero-order valence-corrected chi connectivity index (χ0v) is 18.7. The van der Waals surface area contributed by atoms with Gasteiger partial charge in [-0.2, -0.15) is 0 Å². The first-order valence-electron chi connectivity index (χ1n) is 9.85. The highest BCUT2D eigenvalue weighted by Gasteiger charge is 2.18. The van der Waals surface area contributed by atoms with Crippen LogP contribution in [0.5, 0.6) is 0 Å². The molecule has 3 aromatic heterocycles. The molecule has 0 atom stereocenters. The first-order valence-corrected chi connectivity index (χ1v) is 11.2. The summed E-state index contributed by atoms with van der Waals surface area (Å²) < 4.78 is 9.80. The van der Waals surface area contributed by atoms with Gasteiger partial charge in [-0.1, -0.05) is 47.6 Å². The Balaban J connectivity index is 1.49. The predicted molar refractivity (Wildman–Crippen MR) is 123 cm³/mol. The zero-order valence-electron chi connectivity index (χ0n) is 17.1. The predicted octanol–water partition coefficient (Wildman–Crippen LogP) is 5.73. The summed E-state index contributed by atoms with van der Waals surface area (Å²) >= 11 is 7.74. The maximum atomic E-state index is 6.13. The van der Waals surface area contributed by atoms with E-state index in [0.717, 1.165) is 44.7 Å². The Labute approximate surface area is 188 Å². The van der Waals surface area contributed by atoms with Gasteiger partial charge in [0.05, 0.1) is 29.6 Å². The van der Waals surface area contributed by atoms with Crippen LogP contribution in [0.3, 0.4) is 0 Å². The number of furan rings is 1. The molecule has 0 aliphatic heterocycles. The fourth-order valence-corrected chi connectivity index (χ4v) is 4.69. The normalized spacial score (nSPS) is 11.5. The number of aromatic nitrogens is 5. The molecule has 0 aliphatic rings. The molecule has 0 saturated carbocycles. The summed E-state index contributed by atoms with van der Waals surface area (Å²) in [5, 5.41) is 10.5. The summed E-state index contributed by atoms with van der Waals surface area (Å²) in [5.41, 5.74) is 4.16. The first-order chi connectivity index (χ1) is 15.1. The monoisotopic (exact) mass is 449 g/mol. The van der Waals surface area contributed by atoms with Gasteiger partial charge in [-0.25, -0.2) is 4.98 Å². The molecule has 3 heterocycles. The van der Waals surface area contributed by atoms with Crippen LogP contribution >= 0.6 is 23.4 Å². The summed E-state index contributed by atoms with van der Waals surface area (Å²) in [7, 11) is 2.02. The molecule has 0 unspecified atom stereocenters. The second-order valence-electron chi connectivity index (χ2n) is 7.30. The average molecular weight is 450 g/mol. The van der Waals surface area contributed by atoms with Crippen molar-refractivity contribution in [1.29, 1.82) is 0 Å². The second kappa shape index (κ2) is 8.24. The van der Waals surface area contributed by atoms with Crippen LogP contribution in [-0.2, 0) is 19.3 Å². The van der Waals surface area contributed by atoms with E-state index in [1.54, 1.807) is 18.0 Å². The van der Waals surface area contributed by atoms with Gasteiger partial charge in [-0.3, -0.25) is 4.57 Å². The fourth-order valence-electron chi connectivity index (χ4n) is 3.60. The van der Waals surface area contributed by atoms with Crippen molar-refractivity contribution >= 4 is 34.4 Å². The van der Waals surface area contributed by atoms with E-state index in [1.807, 2.05) is 49.5 Å². The quantitative estimate of drug-likeness (QED) is 0.310. The molecular weight excluding hydrogens is 430 g/mol. The molecule has 0 radical (unpaired) electrons. The van der Waals surface area contributed by atoms with Gasteiger partial charge >= 0.3 is 0 Å². The van der Waals surface area contributed by atoms with Crippen LogP contribution in [0.1, 0.15) is 17.1 Å². The van der Waals surface area contributed by atoms with Crippen molar-refractivity contribution in [2.45, 2.75) is 24.4 Å². The lowest BCUT2D eigenvalue weighted by molar-refractivity contribution is 0.485. The van der Waals surface area contributed by atoms with Gasteiger partial charge in [0.2, 0.25) is 0 Å². The van der Waals surface area contributed by atoms with Gasteiger partial charge in [0.1, 0.15) is 11.6 Å². The number of fused-ring (bicyclic) bond motifs is 1. The summed E-state index contributed by atoms with van der Waals surface area (Å²) in [6.45, 7) is 2.64. The zero-order chi connectivity index (χ0) is 21.4. The third kappa shape index (κ3) is 3.86. The van der Waals surface area contributed by atoms with Crippen molar-refractivity contribution in [3.63, 3.8) is 0 Å². The Hall–Kier alpha value is -3.03. The van der Waals surface area contributed by atoms with Crippen LogP contribution in [0, 0.1) is 6.92 Å². The number of hydrogen-bond acceptors (Lipinski definition) is 5. The number of rotatable bonds is 6. The van der Waals surface area contributed by atoms with Gasteiger partial charge in [0, 0.05) is 17.6 Å². The van der Waals surface area contributed by atoms with Crippen LogP contribution in [-0.4, -0.2) is 24.3 Å². The molecule has 6 nitrogen and oxygen atoms in total. The first kappa shape index (κ1) is 19.9. The third-order valence-electron chi connectivity index (χ3n) is 5.26. The number of hydrogen-bond donors (Lipinski definition) is 0. The largest absolute Gasteiger partial charge is 0.467 e. The molecule has 8 heteroatoms. The van der Waals surface area contributed by atoms with Crippen LogP contribution in [0.2, 0.25) is 5.02 Å². The lowest BCUT2D eigenvalue weighted by Gasteiger charge is -2.10. The standard InChI is InChI=1S/C23H20ClN5OS/c1-15-6-3-4-8-18(15)22-26-27-23(29(22)13-17-7-5-11-30-17)31-14-21-25-19-12-16(24)9-10-20(19)28(21)2/h3-12H,13-14H2,1-2H3. The van der Waals surface area contributed by atoms with Gasteiger partial charge in [-0.05, 0) is 42.8 Å². The van der Waals surface area contributed by atoms with Gasteiger partial charge in [0.15, 0.2) is 11.0 Å². The molecule has 0 N–H and O–H groups in total.